The van der Waals surface area contributed by atoms with Crippen LogP contribution < -0.4 is 10.3 Å². The van der Waals surface area contributed by atoms with Gasteiger partial charge in [0.15, 0.2) is 0 Å². The van der Waals surface area contributed by atoms with Crippen molar-refractivity contribution >= 4 is 11.7 Å². The van der Waals surface area contributed by atoms with Crippen LogP contribution in [0.2, 0.25) is 0 Å². The van der Waals surface area contributed by atoms with Crippen LogP contribution in [0, 0.1) is 0 Å². The third kappa shape index (κ3) is 3.05. The molecule has 0 fully saturated rings. The highest BCUT2D eigenvalue weighted by atomic mass is 16.5. The molecule has 0 aliphatic heterocycles. The molecule has 0 spiro atoms. The molecule has 8 nitrogen and oxygen atoms in total. The molecule has 2 N–H and O–H groups in total. The highest BCUT2D eigenvalue weighted by molar-refractivity contribution is 5.83. The summed E-state index contributed by atoms with van der Waals surface area (Å²) < 4.78 is 6.51. The van der Waals surface area contributed by atoms with Crippen LogP contribution in [-0.2, 0) is 13.0 Å². The van der Waals surface area contributed by atoms with Gasteiger partial charge in [-0.2, -0.15) is 9.50 Å². The molecule has 0 aliphatic rings. The zero-order chi connectivity index (χ0) is 16.4. The van der Waals surface area contributed by atoms with E-state index in [1.807, 2.05) is 24.3 Å². The minimum Gasteiger partial charge on any atom is -0.487 e. The second kappa shape index (κ2) is 5.91. The molecule has 2 heterocycles. The number of benzene rings is 1. The first-order chi connectivity index (χ1) is 11.1. The Labute approximate surface area is 130 Å². The van der Waals surface area contributed by atoms with Gasteiger partial charge in [-0.15, -0.1) is 5.10 Å². The summed E-state index contributed by atoms with van der Waals surface area (Å²) in [4.78, 5) is 29.4. The minimum absolute atomic E-state index is 0.0647. The Hall–Kier alpha value is -3.16. The Kier molecular flexibility index (Phi) is 3.80. The number of ether oxygens (including phenoxy) is 1. The van der Waals surface area contributed by atoms with E-state index in [1.54, 1.807) is 0 Å². The molecule has 8 heteroatoms. The summed E-state index contributed by atoms with van der Waals surface area (Å²) in [6.45, 7) is 2.20. The van der Waals surface area contributed by atoms with Crippen LogP contribution in [0.25, 0.3) is 5.78 Å². The molecule has 0 radical (unpaired) electrons. The number of nitrogens with zero attached hydrogens (tertiary/aromatic N) is 3. The van der Waals surface area contributed by atoms with E-state index >= 15 is 0 Å². The van der Waals surface area contributed by atoms with E-state index < -0.39 is 17.4 Å². The maximum absolute atomic E-state index is 11.9. The third-order valence-electron chi connectivity index (χ3n) is 3.30. The maximum atomic E-state index is 11.9. The fraction of sp³-hybridized carbons (Fsp3) is 0.200. The first-order valence-corrected chi connectivity index (χ1v) is 7.01. The van der Waals surface area contributed by atoms with E-state index in [-0.39, 0.29) is 12.4 Å². The number of rotatable bonds is 5. The Bertz CT molecular complexity index is 911. The number of aromatic nitrogens is 4. The Balaban J connectivity index is 1.82. The van der Waals surface area contributed by atoms with E-state index in [4.69, 9.17) is 9.84 Å². The summed E-state index contributed by atoms with van der Waals surface area (Å²) in [6.07, 6.45) is 0.947. The normalized spacial score (nSPS) is 10.8. The smallest absolute Gasteiger partial charge is 0.375 e. The first-order valence-electron chi connectivity index (χ1n) is 7.01. The van der Waals surface area contributed by atoms with E-state index in [0.29, 0.717) is 11.4 Å². The highest BCUT2D eigenvalue weighted by Crippen LogP contribution is 2.13. The molecule has 0 amide bonds. The van der Waals surface area contributed by atoms with Gasteiger partial charge in [-0.05, 0) is 24.1 Å². The second-order valence-corrected chi connectivity index (χ2v) is 4.89. The molecule has 3 rings (SSSR count). The predicted octanol–water partition coefficient (Wildman–Crippen LogP) is 1.26. The van der Waals surface area contributed by atoms with E-state index in [1.165, 1.54) is 11.6 Å². The molecule has 118 valence electrons. The zero-order valence-corrected chi connectivity index (χ0v) is 12.3. The van der Waals surface area contributed by atoms with Gasteiger partial charge in [0.05, 0.1) is 5.69 Å². The van der Waals surface area contributed by atoms with Crippen molar-refractivity contribution in [3.63, 3.8) is 0 Å². The number of carbonyl (C=O) groups is 1. The van der Waals surface area contributed by atoms with Gasteiger partial charge in [0, 0.05) is 6.07 Å². The fourth-order valence-electron chi connectivity index (χ4n) is 2.09. The van der Waals surface area contributed by atoms with Crippen molar-refractivity contribution < 1.29 is 14.6 Å². The standard InChI is InChI=1S/C15H14N4O4/c1-2-9-3-5-11(6-4-9)23-8-10-7-12(20)19-15(16-10)17-13(18-19)14(21)22/h3-7H,2,8H2,1H3,(H,21,22)(H,16,17,18). The van der Waals surface area contributed by atoms with E-state index in [9.17, 15) is 9.59 Å². The molecule has 2 aromatic heterocycles. The number of carboxylic acid groups (broad SMARTS) is 1. The number of H-pyrrole nitrogens is 1. The van der Waals surface area contributed by atoms with Crippen molar-refractivity contribution in [3.05, 3.63) is 57.8 Å². The van der Waals surface area contributed by atoms with Crippen LogP contribution in [0.3, 0.4) is 0 Å². The molecule has 23 heavy (non-hydrogen) atoms. The molecule has 0 bridgehead atoms. The summed E-state index contributed by atoms with van der Waals surface area (Å²) in [7, 11) is 0. The quantitative estimate of drug-likeness (QED) is 0.733. The van der Waals surface area contributed by atoms with Crippen LogP contribution in [-0.4, -0.2) is 30.7 Å². The molecule has 0 atom stereocenters. The summed E-state index contributed by atoms with van der Waals surface area (Å²) in [5.74, 6) is -0.993. The van der Waals surface area contributed by atoms with E-state index in [2.05, 4.69) is 22.0 Å². The van der Waals surface area contributed by atoms with Crippen LogP contribution in [0.15, 0.2) is 35.1 Å². The predicted molar refractivity (Wildman–Crippen MR) is 80.7 cm³/mol. The monoisotopic (exact) mass is 314 g/mol. The summed E-state index contributed by atoms with van der Waals surface area (Å²) in [5, 5.41) is 12.5. The van der Waals surface area contributed by atoms with Crippen LogP contribution in [0.4, 0.5) is 0 Å². The van der Waals surface area contributed by atoms with Gasteiger partial charge in [0.1, 0.15) is 12.4 Å². The van der Waals surface area contributed by atoms with Gasteiger partial charge >= 0.3 is 5.97 Å². The molecule has 1 aromatic carbocycles. The van der Waals surface area contributed by atoms with Crippen molar-refractivity contribution in [2.24, 2.45) is 0 Å². The van der Waals surface area contributed by atoms with Gasteiger partial charge in [-0.1, -0.05) is 19.1 Å². The Morgan fingerprint density at radius 2 is 2.09 bits per heavy atom. The lowest BCUT2D eigenvalue weighted by Crippen LogP contribution is -2.17. The van der Waals surface area contributed by atoms with Gasteiger partial charge < -0.3 is 14.8 Å². The number of nitrogens with one attached hydrogen (secondary N) is 1. The van der Waals surface area contributed by atoms with Gasteiger partial charge in [-0.25, -0.2) is 4.79 Å². The number of aryl methyl sites for hydroxylation is 1. The number of fused-ring (bicyclic) bond motifs is 1. The lowest BCUT2D eigenvalue weighted by molar-refractivity contribution is 0.0684. The first kappa shape index (κ1) is 14.8. The van der Waals surface area contributed by atoms with Gasteiger partial charge in [0.2, 0.25) is 5.78 Å². The molecule has 0 unspecified atom stereocenters. The average molecular weight is 314 g/mol. The van der Waals surface area contributed by atoms with Crippen molar-refractivity contribution in [1.82, 2.24) is 19.6 Å². The van der Waals surface area contributed by atoms with Gasteiger partial charge in [-0.3, -0.25) is 4.79 Å². The van der Waals surface area contributed by atoms with Crippen molar-refractivity contribution in [1.29, 1.82) is 0 Å². The van der Waals surface area contributed by atoms with Crippen LogP contribution in [0.1, 0.15) is 28.8 Å². The van der Waals surface area contributed by atoms with Crippen molar-refractivity contribution in [2.45, 2.75) is 20.0 Å². The number of aromatic amines is 1. The minimum atomic E-state index is -1.30. The average Bonchev–Trinajstić information content (AvgIpc) is 2.98. The summed E-state index contributed by atoms with van der Waals surface area (Å²) in [6, 6.07) is 8.95. The largest absolute Gasteiger partial charge is 0.487 e. The highest BCUT2D eigenvalue weighted by Gasteiger charge is 2.13. The fourth-order valence-corrected chi connectivity index (χ4v) is 2.09. The lowest BCUT2D eigenvalue weighted by atomic mass is 10.2. The van der Waals surface area contributed by atoms with Crippen LogP contribution >= 0.6 is 0 Å². The maximum Gasteiger partial charge on any atom is 0.375 e. The summed E-state index contributed by atoms with van der Waals surface area (Å²) in [5.41, 5.74) is 1.21. The van der Waals surface area contributed by atoms with Crippen molar-refractivity contribution in [2.75, 3.05) is 0 Å². The molecular weight excluding hydrogens is 300 g/mol. The number of hydrogen-bond donors (Lipinski definition) is 2. The van der Waals surface area contributed by atoms with Crippen LogP contribution in [0.5, 0.6) is 5.75 Å². The molecule has 0 saturated heterocycles. The zero-order valence-electron chi connectivity index (χ0n) is 12.3. The molecule has 0 saturated carbocycles. The summed E-state index contributed by atoms with van der Waals surface area (Å²) >= 11 is 0. The van der Waals surface area contributed by atoms with Crippen molar-refractivity contribution in [3.8, 4) is 5.75 Å². The topological polar surface area (TPSA) is 110 Å². The number of carboxylic acids is 1. The molecular formula is C15H14N4O4. The second-order valence-electron chi connectivity index (χ2n) is 4.89. The van der Waals surface area contributed by atoms with Gasteiger partial charge in [0.25, 0.3) is 11.4 Å². The molecule has 0 aliphatic carbocycles. The van der Waals surface area contributed by atoms with E-state index in [0.717, 1.165) is 10.9 Å². The third-order valence-corrected chi connectivity index (χ3v) is 3.30. The SMILES string of the molecule is CCc1ccc(OCc2cc(=O)n3nc(C(=O)O)nc3[nH]2)cc1. The Morgan fingerprint density at radius 3 is 2.74 bits per heavy atom. The number of aromatic carboxylic acids is 1. The number of hydrogen-bond acceptors (Lipinski definition) is 5. The Morgan fingerprint density at radius 1 is 1.35 bits per heavy atom. The lowest BCUT2D eigenvalue weighted by Gasteiger charge is -2.07. The molecule has 3 aromatic rings.